The number of benzene rings is 3. The number of nitrogens with zero attached hydrogens (tertiary/aromatic N) is 2. The van der Waals surface area contributed by atoms with E-state index in [1.54, 1.807) is 24.4 Å². The maximum absolute atomic E-state index is 12.9. The predicted octanol–water partition coefficient (Wildman–Crippen LogP) is 7.05. The van der Waals surface area contributed by atoms with E-state index in [2.05, 4.69) is 10.4 Å². The van der Waals surface area contributed by atoms with Gasteiger partial charge in [0.2, 0.25) is 0 Å². The number of aryl methyl sites for hydroxylation is 2. The Hall–Kier alpha value is -3.78. The molecule has 36 heavy (non-hydrogen) atoms. The van der Waals surface area contributed by atoms with E-state index in [9.17, 15) is 18.0 Å². The van der Waals surface area contributed by atoms with Crippen LogP contribution in [0.15, 0.2) is 73.1 Å². The van der Waals surface area contributed by atoms with Gasteiger partial charge in [-0.25, -0.2) is 0 Å². The molecular formula is C27H23ClF3N3O2. The molecule has 1 aromatic heterocycles. The Labute approximate surface area is 211 Å². The summed E-state index contributed by atoms with van der Waals surface area (Å²) in [7, 11) is 0. The van der Waals surface area contributed by atoms with Gasteiger partial charge in [-0.3, -0.25) is 9.48 Å². The number of alkyl halides is 3. The third-order valence-corrected chi connectivity index (χ3v) is 6.12. The summed E-state index contributed by atoms with van der Waals surface area (Å²) in [5.41, 5.74) is 3.40. The van der Waals surface area contributed by atoms with Gasteiger partial charge in [0.1, 0.15) is 12.4 Å². The van der Waals surface area contributed by atoms with Gasteiger partial charge in [-0.15, -0.1) is 0 Å². The molecule has 0 spiro atoms. The maximum Gasteiger partial charge on any atom is 0.416 e. The molecule has 1 amide bonds. The zero-order valence-electron chi connectivity index (χ0n) is 19.6. The van der Waals surface area contributed by atoms with Gasteiger partial charge in [-0.1, -0.05) is 35.9 Å². The largest absolute Gasteiger partial charge is 0.489 e. The van der Waals surface area contributed by atoms with Crippen molar-refractivity contribution in [2.24, 2.45) is 0 Å². The Morgan fingerprint density at radius 2 is 1.72 bits per heavy atom. The summed E-state index contributed by atoms with van der Waals surface area (Å²) in [5.74, 6) is 0.392. The van der Waals surface area contributed by atoms with E-state index in [0.717, 1.165) is 39.6 Å². The first-order valence-corrected chi connectivity index (χ1v) is 11.4. The number of amides is 1. The Morgan fingerprint density at radius 1 is 1.03 bits per heavy atom. The molecule has 0 aliphatic carbocycles. The van der Waals surface area contributed by atoms with Crippen LogP contribution in [0.25, 0.3) is 0 Å². The van der Waals surface area contributed by atoms with Crippen LogP contribution >= 0.6 is 11.6 Å². The summed E-state index contributed by atoms with van der Waals surface area (Å²) in [6, 6.07) is 15.8. The summed E-state index contributed by atoms with van der Waals surface area (Å²) in [6.07, 6.45) is -1.39. The molecule has 3 aromatic carbocycles. The summed E-state index contributed by atoms with van der Waals surface area (Å²) in [6.45, 7) is 4.32. The SMILES string of the molecule is Cc1cc(OCc2ccc(C(=O)Nc3cnn(Cc4cccc(C(F)(F)F)c4)c3)cc2)cc(C)c1Cl. The summed E-state index contributed by atoms with van der Waals surface area (Å²) >= 11 is 6.19. The molecule has 0 atom stereocenters. The van der Waals surface area contributed by atoms with Crippen molar-refractivity contribution in [1.82, 2.24) is 9.78 Å². The van der Waals surface area contributed by atoms with Gasteiger partial charge in [0.05, 0.1) is 24.0 Å². The molecule has 186 valence electrons. The monoisotopic (exact) mass is 513 g/mol. The highest BCUT2D eigenvalue weighted by Gasteiger charge is 2.30. The average molecular weight is 514 g/mol. The maximum atomic E-state index is 12.9. The van der Waals surface area contributed by atoms with Gasteiger partial charge >= 0.3 is 6.18 Å². The molecule has 0 aliphatic heterocycles. The summed E-state index contributed by atoms with van der Waals surface area (Å²) < 4.78 is 46.1. The van der Waals surface area contributed by atoms with E-state index >= 15 is 0 Å². The van der Waals surface area contributed by atoms with Crippen LogP contribution in [-0.4, -0.2) is 15.7 Å². The number of carbonyl (C=O) groups is 1. The molecule has 0 bridgehead atoms. The molecule has 1 heterocycles. The molecule has 1 N–H and O–H groups in total. The lowest BCUT2D eigenvalue weighted by atomic mass is 10.1. The minimum Gasteiger partial charge on any atom is -0.489 e. The van der Waals surface area contributed by atoms with E-state index < -0.39 is 11.7 Å². The third-order valence-electron chi connectivity index (χ3n) is 5.52. The van der Waals surface area contributed by atoms with Gasteiger partial charge in [0, 0.05) is 16.8 Å². The summed E-state index contributed by atoms with van der Waals surface area (Å²) in [4.78, 5) is 12.6. The number of halogens is 4. The predicted molar refractivity (Wildman–Crippen MR) is 132 cm³/mol. The van der Waals surface area contributed by atoms with Crippen LogP contribution in [0.1, 0.15) is 38.2 Å². The second kappa shape index (κ2) is 10.5. The molecule has 4 aromatic rings. The van der Waals surface area contributed by atoms with E-state index in [4.69, 9.17) is 16.3 Å². The van der Waals surface area contributed by atoms with Crippen LogP contribution < -0.4 is 10.1 Å². The fraction of sp³-hybridized carbons (Fsp3) is 0.185. The topological polar surface area (TPSA) is 56.1 Å². The van der Waals surface area contributed by atoms with Crippen molar-refractivity contribution in [3.05, 3.63) is 111 Å². The normalized spacial score (nSPS) is 11.4. The number of ether oxygens (including phenoxy) is 1. The summed E-state index contributed by atoms with van der Waals surface area (Å²) in [5, 5.41) is 7.60. The van der Waals surface area contributed by atoms with Crippen molar-refractivity contribution >= 4 is 23.2 Å². The lowest BCUT2D eigenvalue weighted by Gasteiger charge is -2.10. The first kappa shape index (κ1) is 25.3. The lowest BCUT2D eigenvalue weighted by molar-refractivity contribution is -0.137. The number of rotatable bonds is 7. The third kappa shape index (κ3) is 6.26. The van der Waals surface area contributed by atoms with Crippen LogP contribution in [0.2, 0.25) is 5.02 Å². The Morgan fingerprint density at radius 3 is 2.39 bits per heavy atom. The van der Waals surface area contributed by atoms with Gasteiger partial charge in [0.15, 0.2) is 0 Å². The number of hydrogen-bond donors (Lipinski definition) is 1. The molecular weight excluding hydrogens is 491 g/mol. The van der Waals surface area contributed by atoms with Gasteiger partial charge in [-0.2, -0.15) is 18.3 Å². The number of anilines is 1. The number of carbonyl (C=O) groups excluding carboxylic acids is 1. The molecule has 0 saturated heterocycles. The van der Waals surface area contributed by atoms with Crippen LogP contribution in [0, 0.1) is 13.8 Å². The zero-order chi connectivity index (χ0) is 25.9. The van der Waals surface area contributed by atoms with Gasteiger partial charge in [-0.05, 0) is 72.5 Å². The smallest absolute Gasteiger partial charge is 0.416 e. The fourth-order valence-corrected chi connectivity index (χ4v) is 3.77. The number of hydrogen-bond acceptors (Lipinski definition) is 3. The molecule has 0 radical (unpaired) electrons. The molecule has 0 saturated carbocycles. The van der Waals surface area contributed by atoms with E-state index in [0.29, 0.717) is 23.4 Å². The van der Waals surface area contributed by atoms with E-state index in [1.165, 1.54) is 16.9 Å². The van der Waals surface area contributed by atoms with Crippen LogP contribution in [-0.2, 0) is 19.3 Å². The second-order valence-electron chi connectivity index (χ2n) is 8.44. The zero-order valence-corrected chi connectivity index (χ0v) is 20.3. The minimum atomic E-state index is -4.41. The first-order valence-electron chi connectivity index (χ1n) is 11.1. The van der Waals surface area contributed by atoms with Crippen LogP contribution in [0.5, 0.6) is 5.75 Å². The number of nitrogens with one attached hydrogen (secondary N) is 1. The molecule has 9 heteroatoms. The standard InChI is InChI=1S/C27H23ClF3N3O2/c1-17-10-24(11-18(2)25(17)28)36-16-19-6-8-21(9-7-19)26(35)33-23-13-32-34(15-23)14-20-4-3-5-22(12-20)27(29,30)31/h3-13,15H,14,16H2,1-2H3,(H,33,35). The van der Waals surface area contributed by atoms with Crippen molar-refractivity contribution in [3.63, 3.8) is 0 Å². The molecule has 0 unspecified atom stereocenters. The highest BCUT2D eigenvalue weighted by Crippen LogP contribution is 2.30. The van der Waals surface area contributed by atoms with E-state index in [1.807, 2.05) is 38.1 Å². The van der Waals surface area contributed by atoms with E-state index in [-0.39, 0.29) is 12.5 Å². The molecule has 0 aliphatic rings. The first-order chi connectivity index (χ1) is 17.1. The van der Waals surface area contributed by atoms with Crippen molar-refractivity contribution in [1.29, 1.82) is 0 Å². The molecule has 0 fully saturated rings. The highest BCUT2D eigenvalue weighted by atomic mass is 35.5. The quantitative estimate of drug-likeness (QED) is 0.288. The Bertz CT molecular complexity index is 1360. The van der Waals surface area contributed by atoms with Crippen molar-refractivity contribution in [2.75, 3.05) is 5.32 Å². The lowest BCUT2D eigenvalue weighted by Crippen LogP contribution is -2.11. The van der Waals surface area contributed by atoms with Gasteiger partial charge in [0.25, 0.3) is 5.91 Å². The Balaban J connectivity index is 1.34. The fourth-order valence-electron chi connectivity index (χ4n) is 3.66. The average Bonchev–Trinajstić information content (AvgIpc) is 3.27. The number of aromatic nitrogens is 2. The van der Waals surface area contributed by atoms with Gasteiger partial charge < -0.3 is 10.1 Å². The second-order valence-corrected chi connectivity index (χ2v) is 8.81. The van der Waals surface area contributed by atoms with Crippen molar-refractivity contribution in [2.45, 2.75) is 33.2 Å². The van der Waals surface area contributed by atoms with Crippen LogP contribution in [0.3, 0.4) is 0 Å². The minimum absolute atomic E-state index is 0.140. The molecule has 5 nitrogen and oxygen atoms in total. The molecule has 4 rings (SSSR count). The van der Waals surface area contributed by atoms with Crippen molar-refractivity contribution in [3.8, 4) is 5.75 Å². The highest BCUT2D eigenvalue weighted by molar-refractivity contribution is 6.32. The van der Waals surface area contributed by atoms with Crippen LogP contribution in [0.4, 0.5) is 18.9 Å². The van der Waals surface area contributed by atoms with Crippen molar-refractivity contribution < 1.29 is 22.7 Å². The Kier molecular flexibility index (Phi) is 7.35.